The second-order valence-corrected chi connectivity index (χ2v) is 6.61. The van der Waals surface area contributed by atoms with Crippen LogP contribution in [0.4, 0.5) is 0 Å². The quantitative estimate of drug-likeness (QED) is 0.652. The molecular formula is C18H30N6. The summed E-state index contributed by atoms with van der Waals surface area (Å²) in [5.74, 6) is 1.37. The maximum atomic E-state index is 4.54. The minimum absolute atomic E-state index is 0.461. The highest BCUT2D eigenvalue weighted by molar-refractivity contribution is 5.79. The van der Waals surface area contributed by atoms with E-state index >= 15 is 0 Å². The molecule has 6 nitrogen and oxygen atoms in total. The molecule has 0 aliphatic rings. The SMILES string of the molecule is CN=C(NCC(C)Cn1nc(C)cc1C)N(C)Cc1cccn1C. The molecule has 2 aromatic rings. The monoisotopic (exact) mass is 330 g/mol. The zero-order chi connectivity index (χ0) is 17.7. The number of hydrogen-bond acceptors (Lipinski definition) is 2. The van der Waals surface area contributed by atoms with E-state index in [1.165, 1.54) is 11.4 Å². The van der Waals surface area contributed by atoms with Crippen molar-refractivity contribution < 1.29 is 0 Å². The predicted octanol–water partition coefficient (Wildman–Crippen LogP) is 2.18. The molecule has 1 N–H and O–H groups in total. The van der Waals surface area contributed by atoms with Crippen LogP contribution in [0.15, 0.2) is 29.4 Å². The molecule has 0 aromatic carbocycles. The van der Waals surface area contributed by atoms with E-state index in [0.717, 1.165) is 31.3 Å². The van der Waals surface area contributed by atoms with Crippen molar-refractivity contribution in [1.82, 2.24) is 24.6 Å². The number of aryl methyl sites for hydroxylation is 3. The molecule has 0 saturated carbocycles. The third kappa shape index (κ3) is 4.63. The van der Waals surface area contributed by atoms with Crippen molar-refractivity contribution in [3.63, 3.8) is 0 Å². The first-order chi connectivity index (χ1) is 11.4. The van der Waals surface area contributed by atoms with E-state index in [-0.39, 0.29) is 0 Å². The number of guanidine groups is 1. The molecular weight excluding hydrogens is 300 g/mol. The highest BCUT2D eigenvalue weighted by atomic mass is 15.3. The van der Waals surface area contributed by atoms with E-state index in [0.29, 0.717) is 5.92 Å². The summed E-state index contributed by atoms with van der Waals surface area (Å²) < 4.78 is 4.22. The average Bonchev–Trinajstić information content (AvgIpc) is 3.05. The Labute approximate surface area is 145 Å². The van der Waals surface area contributed by atoms with Crippen molar-refractivity contribution in [3.05, 3.63) is 41.5 Å². The number of hydrogen-bond donors (Lipinski definition) is 1. The molecule has 0 saturated heterocycles. The molecule has 24 heavy (non-hydrogen) atoms. The zero-order valence-electron chi connectivity index (χ0n) is 15.7. The molecule has 2 rings (SSSR count). The first kappa shape index (κ1) is 18.1. The van der Waals surface area contributed by atoms with E-state index in [1.807, 2.05) is 14.0 Å². The Kier molecular flexibility index (Phi) is 6.06. The molecule has 0 radical (unpaired) electrons. The van der Waals surface area contributed by atoms with Crippen LogP contribution >= 0.6 is 0 Å². The van der Waals surface area contributed by atoms with E-state index in [4.69, 9.17) is 0 Å². The fraction of sp³-hybridized carbons (Fsp3) is 0.556. The van der Waals surface area contributed by atoms with Crippen LogP contribution in [0.1, 0.15) is 24.0 Å². The Hall–Kier alpha value is -2.24. The normalized spacial score (nSPS) is 13.2. The van der Waals surface area contributed by atoms with Crippen LogP contribution in [0.25, 0.3) is 0 Å². The van der Waals surface area contributed by atoms with Crippen molar-refractivity contribution >= 4 is 5.96 Å². The van der Waals surface area contributed by atoms with E-state index in [9.17, 15) is 0 Å². The summed E-state index contributed by atoms with van der Waals surface area (Å²) >= 11 is 0. The van der Waals surface area contributed by atoms with Crippen LogP contribution in [0.5, 0.6) is 0 Å². The molecule has 0 aliphatic carbocycles. The molecule has 2 aromatic heterocycles. The standard InChI is InChI=1S/C18H30N6/c1-14(12-24-16(3)10-15(2)21-24)11-20-18(19-4)23(6)13-17-8-7-9-22(17)5/h7-10,14H,11-13H2,1-6H3,(H,19,20). The highest BCUT2D eigenvalue weighted by Gasteiger charge is 2.11. The number of rotatable bonds is 6. The minimum atomic E-state index is 0.461. The first-order valence-electron chi connectivity index (χ1n) is 8.43. The van der Waals surface area contributed by atoms with Crippen LogP contribution in [0.3, 0.4) is 0 Å². The summed E-state index contributed by atoms with van der Waals surface area (Å²) in [4.78, 5) is 6.54. The van der Waals surface area contributed by atoms with Crippen LogP contribution in [-0.2, 0) is 20.1 Å². The summed E-state index contributed by atoms with van der Waals surface area (Å²) in [5, 5.41) is 8.01. The number of aromatic nitrogens is 3. The van der Waals surface area contributed by atoms with Gasteiger partial charge >= 0.3 is 0 Å². The third-order valence-corrected chi connectivity index (χ3v) is 4.22. The van der Waals surface area contributed by atoms with Crippen molar-refractivity contribution in [2.75, 3.05) is 20.6 Å². The second-order valence-electron chi connectivity index (χ2n) is 6.61. The topological polar surface area (TPSA) is 50.4 Å². The van der Waals surface area contributed by atoms with Gasteiger partial charge in [0.25, 0.3) is 0 Å². The lowest BCUT2D eigenvalue weighted by atomic mass is 10.2. The van der Waals surface area contributed by atoms with Gasteiger partial charge in [-0.3, -0.25) is 9.67 Å². The van der Waals surface area contributed by atoms with Gasteiger partial charge in [-0.2, -0.15) is 5.10 Å². The number of aliphatic imine (C=N–C) groups is 1. The van der Waals surface area contributed by atoms with Gasteiger partial charge in [0.2, 0.25) is 0 Å². The Morgan fingerprint density at radius 1 is 1.42 bits per heavy atom. The zero-order valence-corrected chi connectivity index (χ0v) is 15.7. The smallest absolute Gasteiger partial charge is 0.193 e. The summed E-state index contributed by atoms with van der Waals surface area (Å²) in [6.45, 7) is 8.97. The van der Waals surface area contributed by atoms with Gasteiger partial charge < -0.3 is 14.8 Å². The van der Waals surface area contributed by atoms with Gasteiger partial charge in [0.15, 0.2) is 5.96 Å². The fourth-order valence-corrected chi connectivity index (χ4v) is 2.85. The maximum Gasteiger partial charge on any atom is 0.193 e. The van der Waals surface area contributed by atoms with Crippen LogP contribution in [0, 0.1) is 19.8 Å². The number of nitrogens with zero attached hydrogens (tertiary/aromatic N) is 5. The lowest BCUT2D eigenvalue weighted by Crippen LogP contribution is -2.41. The first-order valence-corrected chi connectivity index (χ1v) is 8.43. The van der Waals surface area contributed by atoms with Gasteiger partial charge in [0.1, 0.15) is 0 Å². The summed E-state index contributed by atoms with van der Waals surface area (Å²) in [7, 11) is 5.96. The van der Waals surface area contributed by atoms with Crippen molar-refractivity contribution in [2.24, 2.45) is 18.0 Å². The molecule has 2 heterocycles. The molecule has 0 amide bonds. The highest BCUT2D eigenvalue weighted by Crippen LogP contribution is 2.07. The largest absolute Gasteiger partial charge is 0.356 e. The molecule has 132 valence electrons. The van der Waals surface area contributed by atoms with Crippen molar-refractivity contribution in [1.29, 1.82) is 0 Å². The summed E-state index contributed by atoms with van der Waals surface area (Å²) in [6.07, 6.45) is 2.07. The van der Waals surface area contributed by atoms with Gasteiger partial charge in [-0.05, 0) is 38.0 Å². The Bertz CT molecular complexity index is 681. The molecule has 1 unspecified atom stereocenters. The lowest BCUT2D eigenvalue weighted by molar-refractivity contribution is 0.415. The molecule has 0 aliphatic heterocycles. The Balaban J connectivity index is 1.86. The van der Waals surface area contributed by atoms with E-state index < -0.39 is 0 Å². The van der Waals surface area contributed by atoms with Crippen LogP contribution in [0.2, 0.25) is 0 Å². The van der Waals surface area contributed by atoms with Gasteiger partial charge in [0.05, 0.1) is 12.2 Å². The predicted molar refractivity (Wildman–Crippen MR) is 99.1 cm³/mol. The summed E-state index contributed by atoms with van der Waals surface area (Å²) in [6, 6.07) is 6.32. The Morgan fingerprint density at radius 3 is 2.71 bits per heavy atom. The van der Waals surface area contributed by atoms with Gasteiger partial charge in [-0.1, -0.05) is 6.92 Å². The molecule has 6 heteroatoms. The van der Waals surface area contributed by atoms with Gasteiger partial charge in [-0.15, -0.1) is 0 Å². The second kappa shape index (κ2) is 8.04. The summed E-state index contributed by atoms with van der Waals surface area (Å²) in [5.41, 5.74) is 3.55. The average molecular weight is 330 g/mol. The van der Waals surface area contributed by atoms with Crippen LogP contribution in [-0.4, -0.2) is 45.8 Å². The Morgan fingerprint density at radius 2 is 2.17 bits per heavy atom. The fourth-order valence-electron chi connectivity index (χ4n) is 2.85. The third-order valence-electron chi connectivity index (χ3n) is 4.22. The van der Waals surface area contributed by atoms with E-state index in [2.05, 4.69) is 81.9 Å². The van der Waals surface area contributed by atoms with Gasteiger partial charge in [0, 0.05) is 51.8 Å². The van der Waals surface area contributed by atoms with Gasteiger partial charge in [-0.25, -0.2) is 0 Å². The minimum Gasteiger partial charge on any atom is -0.356 e. The lowest BCUT2D eigenvalue weighted by Gasteiger charge is -2.24. The van der Waals surface area contributed by atoms with Crippen LogP contribution < -0.4 is 5.32 Å². The maximum absolute atomic E-state index is 4.54. The van der Waals surface area contributed by atoms with Crippen molar-refractivity contribution in [2.45, 2.75) is 33.9 Å². The molecule has 1 atom stereocenters. The van der Waals surface area contributed by atoms with E-state index in [1.54, 1.807) is 0 Å². The molecule has 0 fully saturated rings. The molecule has 0 bridgehead atoms. The number of nitrogens with one attached hydrogen (secondary N) is 1. The molecule has 0 spiro atoms. The van der Waals surface area contributed by atoms with Crippen molar-refractivity contribution in [3.8, 4) is 0 Å².